The van der Waals surface area contributed by atoms with Gasteiger partial charge in [-0.1, -0.05) is 11.6 Å². The number of hydrogen-bond donors (Lipinski definition) is 1. The normalized spacial score (nSPS) is 11.0. The molecule has 0 aliphatic heterocycles. The van der Waals surface area contributed by atoms with Crippen LogP contribution >= 0.6 is 22.9 Å². The van der Waals surface area contributed by atoms with Gasteiger partial charge in [0.15, 0.2) is 5.76 Å². The van der Waals surface area contributed by atoms with E-state index in [4.69, 9.17) is 16.0 Å². The fourth-order valence-electron chi connectivity index (χ4n) is 3.34. The molecule has 0 saturated carbocycles. The summed E-state index contributed by atoms with van der Waals surface area (Å²) in [6.07, 6.45) is 6.32. The Labute approximate surface area is 202 Å². The Hall–Kier alpha value is -4.02. The van der Waals surface area contributed by atoms with Crippen LogP contribution in [-0.2, 0) is 13.1 Å². The number of nitrogens with zero attached hydrogens (tertiary/aromatic N) is 5. The number of thiophene rings is 1. The smallest absolute Gasteiger partial charge is 0.315 e. The molecule has 11 heteroatoms. The van der Waals surface area contributed by atoms with E-state index in [-0.39, 0.29) is 17.9 Å². The van der Waals surface area contributed by atoms with Crippen LogP contribution in [0, 0.1) is 0 Å². The third-order valence-corrected chi connectivity index (χ3v) is 6.16. The maximum absolute atomic E-state index is 13.2. The molecule has 0 bridgehead atoms. The summed E-state index contributed by atoms with van der Waals surface area (Å²) in [5, 5.41) is 7.65. The lowest BCUT2D eigenvalue weighted by atomic mass is 10.2. The van der Waals surface area contributed by atoms with Crippen LogP contribution in [0.15, 0.2) is 82.6 Å². The number of hydrogen-bond acceptors (Lipinski definition) is 8. The minimum atomic E-state index is -0.461. The zero-order valence-corrected chi connectivity index (χ0v) is 19.2. The predicted octanol–water partition coefficient (Wildman–Crippen LogP) is 4.16. The minimum Gasteiger partial charge on any atom is -0.459 e. The number of aromatic nitrogens is 5. The lowest BCUT2D eigenvalue weighted by molar-refractivity contribution is 0.0920. The Kier molecular flexibility index (Phi) is 6.07. The van der Waals surface area contributed by atoms with Gasteiger partial charge in [-0.2, -0.15) is 9.78 Å². The van der Waals surface area contributed by atoms with Crippen LogP contribution in [-0.4, -0.2) is 30.2 Å². The van der Waals surface area contributed by atoms with Gasteiger partial charge in [-0.15, -0.1) is 11.3 Å². The molecule has 170 valence electrons. The van der Waals surface area contributed by atoms with Gasteiger partial charge in [-0.3, -0.25) is 9.59 Å². The summed E-state index contributed by atoms with van der Waals surface area (Å²) in [7, 11) is 0. The molecule has 0 aliphatic rings. The van der Waals surface area contributed by atoms with Gasteiger partial charge in [-0.05, 0) is 42.5 Å². The molecule has 0 aromatic carbocycles. The average molecular weight is 493 g/mol. The summed E-state index contributed by atoms with van der Waals surface area (Å²) in [5.74, 6) is 0.597. The first-order valence-corrected chi connectivity index (χ1v) is 11.4. The van der Waals surface area contributed by atoms with Crippen molar-refractivity contribution in [2.75, 3.05) is 5.32 Å². The highest BCUT2D eigenvalue weighted by molar-refractivity contribution is 7.16. The standard InChI is InChI=1S/C23H17ClN6O3S/c24-19-7-6-15(34-19)13-27-21-12-17(28-30(21)23(32)18-5-2-11-33-18)16-4-1-10-29(22(16)31)14-20-25-8-3-9-26-20/h1-12,27H,13-14H2. The number of halogens is 1. The van der Waals surface area contributed by atoms with E-state index in [2.05, 4.69) is 20.4 Å². The van der Waals surface area contributed by atoms with Crippen LogP contribution in [0.2, 0.25) is 4.34 Å². The second-order valence-electron chi connectivity index (χ2n) is 7.19. The van der Waals surface area contributed by atoms with Crippen LogP contribution < -0.4 is 10.9 Å². The lowest BCUT2D eigenvalue weighted by Crippen LogP contribution is -2.22. The molecule has 34 heavy (non-hydrogen) atoms. The summed E-state index contributed by atoms with van der Waals surface area (Å²) in [6, 6.07) is 13.7. The number of carbonyl (C=O) groups excluding carboxylic acids is 1. The third kappa shape index (κ3) is 4.54. The minimum absolute atomic E-state index is 0.128. The zero-order valence-electron chi connectivity index (χ0n) is 17.6. The molecule has 0 radical (unpaired) electrons. The van der Waals surface area contributed by atoms with Crippen molar-refractivity contribution in [1.29, 1.82) is 0 Å². The maximum atomic E-state index is 13.2. The van der Waals surface area contributed by atoms with Crippen LogP contribution in [0.5, 0.6) is 0 Å². The number of nitrogens with one attached hydrogen (secondary N) is 1. The third-order valence-electron chi connectivity index (χ3n) is 4.93. The van der Waals surface area contributed by atoms with Gasteiger partial charge in [0, 0.05) is 29.5 Å². The fraction of sp³-hybridized carbons (Fsp3) is 0.0870. The van der Waals surface area contributed by atoms with Crippen LogP contribution in [0.3, 0.4) is 0 Å². The topological polar surface area (TPSA) is 108 Å². The molecule has 5 heterocycles. The first-order chi connectivity index (χ1) is 16.6. The van der Waals surface area contributed by atoms with E-state index >= 15 is 0 Å². The lowest BCUT2D eigenvalue weighted by Gasteiger charge is -2.06. The van der Waals surface area contributed by atoms with Crippen molar-refractivity contribution < 1.29 is 9.21 Å². The van der Waals surface area contributed by atoms with Gasteiger partial charge in [-0.25, -0.2) is 9.97 Å². The molecule has 0 amide bonds. The molecule has 0 atom stereocenters. The van der Waals surface area contributed by atoms with Crippen LogP contribution in [0.25, 0.3) is 11.3 Å². The van der Waals surface area contributed by atoms with E-state index in [1.165, 1.54) is 26.8 Å². The second-order valence-corrected chi connectivity index (χ2v) is 8.99. The van der Waals surface area contributed by atoms with Gasteiger partial charge in [0.05, 0.1) is 29.3 Å². The van der Waals surface area contributed by atoms with Crippen molar-refractivity contribution in [2.24, 2.45) is 0 Å². The fourth-order valence-corrected chi connectivity index (χ4v) is 4.37. The van der Waals surface area contributed by atoms with Crippen molar-refractivity contribution in [1.82, 2.24) is 24.3 Å². The Morgan fingerprint density at radius 3 is 2.71 bits per heavy atom. The predicted molar refractivity (Wildman–Crippen MR) is 128 cm³/mol. The monoisotopic (exact) mass is 492 g/mol. The first kappa shape index (κ1) is 21.8. The number of anilines is 1. The van der Waals surface area contributed by atoms with Gasteiger partial charge in [0.2, 0.25) is 0 Å². The van der Waals surface area contributed by atoms with Crippen molar-refractivity contribution in [3.63, 3.8) is 0 Å². The molecule has 0 unspecified atom stereocenters. The SMILES string of the molecule is O=C(c1ccco1)n1nc(-c2cccn(Cc3ncccn3)c2=O)cc1NCc1ccc(Cl)s1. The highest BCUT2D eigenvalue weighted by Crippen LogP contribution is 2.25. The Balaban J connectivity index is 1.51. The van der Waals surface area contributed by atoms with Crippen molar-refractivity contribution in [3.8, 4) is 11.3 Å². The molecule has 0 fully saturated rings. The van der Waals surface area contributed by atoms with Gasteiger partial charge < -0.3 is 14.3 Å². The molecule has 1 N–H and O–H groups in total. The number of pyridine rings is 1. The van der Waals surface area contributed by atoms with Gasteiger partial charge in [0.25, 0.3) is 5.56 Å². The van der Waals surface area contributed by atoms with Crippen molar-refractivity contribution >= 4 is 34.7 Å². The number of rotatable bonds is 7. The molecule has 9 nitrogen and oxygen atoms in total. The summed E-state index contributed by atoms with van der Waals surface area (Å²) in [5.41, 5.74) is 0.410. The van der Waals surface area contributed by atoms with Crippen molar-refractivity contribution in [2.45, 2.75) is 13.1 Å². The summed E-state index contributed by atoms with van der Waals surface area (Å²) < 4.78 is 8.63. The highest BCUT2D eigenvalue weighted by Gasteiger charge is 2.21. The molecule has 5 rings (SSSR count). The first-order valence-electron chi connectivity index (χ1n) is 10.2. The van der Waals surface area contributed by atoms with E-state index in [1.54, 1.807) is 55.0 Å². The van der Waals surface area contributed by atoms with E-state index in [9.17, 15) is 9.59 Å². The Morgan fingerprint density at radius 2 is 1.97 bits per heavy atom. The van der Waals surface area contributed by atoms with Crippen LogP contribution in [0.4, 0.5) is 5.82 Å². The van der Waals surface area contributed by atoms with E-state index in [0.29, 0.717) is 33.8 Å². The molecular weight excluding hydrogens is 476 g/mol. The molecule has 0 saturated heterocycles. The Bertz CT molecular complexity index is 1490. The van der Waals surface area contributed by atoms with E-state index < -0.39 is 5.91 Å². The zero-order chi connectivity index (χ0) is 23.5. The number of furan rings is 1. The maximum Gasteiger partial charge on any atom is 0.315 e. The Morgan fingerprint density at radius 1 is 1.12 bits per heavy atom. The molecule has 0 aliphatic carbocycles. The van der Waals surface area contributed by atoms with Crippen LogP contribution in [0.1, 0.15) is 21.3 Å². The quantitative estimate of drug-likeness (QED) is 0.363. The highest BCUT2D eigenvalue weighted by atomic mass is 35.5. The van der Waals surface area contributed by atoms with E-state index in [0.717, 1.165) is 4.88 Å². The van der Waals surface area contributed by atoms with Crippen molar-refractivity contribution in [3.05, 3.63) is 105 Å². The molecule has 0 spiro atoms. The summed E-state index contributed by atoms with van der Waals surface area (Å²) in [6.45, 7) is 0.641. The van der Waals surface area contributed by atoms with Gasteiger partial charge in [0.1, 0.15) is 17.3 Å². The molecule has 5 aromatic heterocycles. The van der Waals surface area contributed by atoms with E-state index in [1.807, 2.05) is 12.1 Å². The molecule has 5 aromatic rings. The summed E-state index contributed by atoms with van der Waals surface area (Å²) >= 11 is 7.46. The average Bonchev–Trinajstić information content (AvgIpc) is 3.61. The second kappa shape index (κ2) is 9.46. The van der Waals surface area contributed by atoms with Gasteiger partial charge >= 0.3 is 5.91 Å². The molecular formula is C23H17ClN6O3S. The summed E-state index contributed by atoms with van der Waals surface area (Å²) in [4.78, 5) is 35.6. The largest absolute Gasteiger partial charge is 0.459 e. The number of carbonyl (C=O) groups is 1.